The number of rotatable bonds is 8. The predicted octanol–water partition coefficient (Wildman–Crippen LogP) is 3.65. The van der Waals surface area contributed by atoms with Crippen LogP contribution in [0, 0.1) is 0 Å². The highest BCUT2D eigenvalue weighted by Crippen LogP contribution is 2.25. The van der Waals surface area contributed by atoms with Crippen LogP contribution in [-0.4, -0.2) is 38.2 Å². The van der Waals surface area contributed by atoms with Gasteiger partial charge in [-0.15, -0.1) is 0 Å². The van der Waals surface area contributed by atoms with Gasteiger partial charge >= 0.3 is 0 Å². The highest BCUT2D eigenvalue weighted by Gasteiger charge is 2.04. The number of hydrogen-bond donors (Lipinski definition) is 2. The summed E-state index contributed by atoms with van der Waals surface area (Å²) < 4.78 is 10.4. The molecule has 0 bridgehead atoms. The van der Waals surface area contributed by atoms with Gasteiger partial charge in [-0.3, -0.25) is 4.79 Å². The lowest BCUT2D eigenvalue weighted by Crippen LogP contribution is -2.27. The number of ether oxygens (including phenoxy) is 2. The summed E-state index contributed by atoms with van der Waals surface area (Å²) in [5, 5.41) is 6.68. The lowest BCUT2D eigenvalue weighted by atomic mass is 10.1. The molecule has 0 radical (unpaired) electrons. The largest absolute Gasteiger partial charge is 0.497 e. The second-order valence-corrected chi connectivity index (χ2v) is 5.99. The third-order valence-electron chi connectivity index (χ3n) is 3.38. The van der Waals surface area contributed by atoms with Crippen molar-refractivity contribution in [2.45, 2.75) is 0 Å². The topological polar surface area (TPSA) is 72.5 Å². The second-order valence-electron chi connectivity index (χ2n) is 5.14. The smallest absolute Gasteiger partial charge is 0.244 e. The number of aromatic nitrogens is 1. The first-order valence-electron chi connectivity index (χ1n) is 7.76. The Bertz CT molecular complexity index is 797. The number of methoxy groups -OCH3 is 2. The first-order valence-corrected chi connectivity index (χ1v) is 8.52. The minimum Gasteiger partial charge on any atom is -0.497 e. The molecule has 6 nitrogen and oxygen atoms in total. The first kappa shape index (κ1) is 19.9. The highest BCUT2D eigenvalue weighted by molar-refractivity contribution is 6.35. The fourth-order valence-corrected chi connectivity index (χ4v) is 2.54. The van der Waals surface area contributed by atoms with E-state index in [1.54, 1.807) is 38.5 Å². The molecule has 0 saturated heterocycles. The van der Waals surface area contributed by atoms with Crippen molar-refractivity contribution in [3.05, 3.63) is 52.1 Å². The molecule has 1 aromatic heterocycles. The molecule has 0 aliphatic carbocycles. The van der Waals surface area contributed by atoms with Crippen LogP contribution >= 0.6 is 23.2 Å². The van der Waals surface area contributed by atoms with Gasteiger partial charge in [0.05, 0.1) is 24.3 Å². The van der Waals surface area contributed by atoms with Crippen LogP contribution in [0.3, 0.4) is 0 Å². The van der Waals surface area contributed by atoms with E-state index in [9.17, 15) is 4.79 Å². The van der Waals surface area contributed by atoms with Crippen molar-refractivity contribution in [2.75, 3.05) is 32.6 Å². The van der Waals surface area contributed by atoms with E-state index in [-0.39, 0.29) is 5.91 Å². The molecule has 138 valence electrons. The molecule has 0 atom stereocenters. The van der Waals surface area contributed by atoms with Gasteiger partial charge in [0.1, 0.15) is 17.3 Å². The van der Waals surface area contributed by atoms with E-state index in [4.69, 9.17) is 32.7 Å². The van der Waals surface area contributed by atoms with Crippen molar-refractivity contribution >= 4 is 41.0 Å². The Labute approximate surface area is 162 Å². The van der Waals surface area contributed by atoms with Crippen LogP contribution in [0.4, 0.5) is 5.82 Å². The maximum atomic E-state index is 11.9. The van der Waals surface area contributed by atoms with Gasteiger partial charge in [0.15, 0.2) is 0 Å². The standard InChI is InChI=1S/C18H19Cl2N3O3/c1-25-14-5-3-12(16(10-14)26-2)4-6-17(24)21-7-8-22-18-15(20)9-13(19)11-23-18/h3-6,9-11H,7-8H2,1-2H3,(H,21,24)(H,22,23). The molecule has 0 unspecified atom stereocenters. The van der Waals surface area contributed by atoms with Crippen LogP contribution in [0.25, 0.3) is 6.08 Å². The van der Waals surface area contributed by atoms with E-state index < -0.39 is 0 Å². The summed E-state index contributed by atoms with van der Waals surface area (Å²) in [6.07, 6.45) is 4.62. The minimum atomic E-state index is -0.222. The minimum absolute atomic E-state index is 0.222. The Morgan fingerprint density at radius 2 is 2.00 bits per heavy atom. The number of nitrogens with zero attached hydrogens (tertiary/aromatic N) is 1. The Kier molecular flexibility index (Phi) is 7.56. The van der Waals surface area contributed by atoms with E-state index in [0.29, 0.717) is 40.5 Å². The molecule has 0 fully saturated rings. The van der Waals surface area contributed by atoms with Crippen LogP contribution in [0.1, 0.15) is 5.56 Å². The number of hydrogen-bond acceptors (Lipinski definition) is 5. The van der Waals surface area contributed by atoms with E-state index in [2.05, 4.69) is 15.6 Å². The lowest BCUT2D eigenvalue weighted by molar-refractivity contribution is -0.116. The number of halogens is 2. The number of anilines is 1. The number of carbonyl (C=O) groups excluding carboxylic acids is 1. The van der Waals surface area contributed by atoms with Crippen LogP contribution < -0.4 is 20.1 Å². The predicted molar refractivity (Wildman–Crippen MR) is 104 cm³/mol. The zero-order valence-corrected chi connectivity index (χ0v) is 15.9. The molecule has 0 aliphatic rings. The van der Waals surface area contributed by atoms with Gasteiger partial charge in [0.25, 0.3) is 0 Å². The lowest BCUT2D eigenvalue weighted by Gasteiger charge is -2.08. The second kappa shape index (κ2) is 9.89. The number of carbonyl (C=O) groups is 1. The molecule has 8 heteroatoms. The average molecular weight is 396 g/mol. The van der Waals surface area contributed by atoms with Gasteiger partial charge in [0, 0.05) is 37.0 Å². The van der Waals surface area contributed by atoms with Crippen LogP contribution in [0.5, 0.6) is 11.5 Å². The van der Waals surface area contributed by atoms with Crippen molar-refractivity contribution in [2.24, 2.45) is 0 Å². The van der Waals surface area contributed by atoms with Gasteiger partial charge in [-0.2, -0.15) is 0 Å². The fraction of sp³-hybridized carbons (Fsp3) is 0.222. The Hall–Kier alpha value is -2.44. The van der Waals surface area contributed by atoms with Crippen LogP contribution in [0.2, 0.25) is 10.0 Å². The molecule has 2 aromatic rings. The molecule has 1 aromatic carbocycles. The molecule has 0 aliphatic heterocycles. The number of benzene rings is 1. The van der Waals surface area contributed by atoms with Gasteiger partial charge in [-0.1, -0.05) is 23.2 Å². The molecule has 26 heavy (non-hydrogen) atoms. The quantitative estimate of drug-likeness (QED) is 0.527. The van der Waals surface area contributed by atoms with Gasteiger partial charge in [0.2, 0.25) is 5.91 Å². The molecule has 1 amide bonds. The summed E-state index contributed by atoms with van der Waals surface area (Å²) >= 11 is 11.8. The van der Waals surface area contributed by atoms with Crippen LogP contribution in [-0.2, 0) is 4.79 Å². The summed E-state index contributed by atoms with van der Waals surface area (Å²) in [6.45, 7) is 0.878. The highest BCUT2D eigenvalue weighted by atomic mass is 35.5. The molecule has 0 spiro atoms. The summed E-state index contributed by atoms with van der Waals surface area (Å²) in [5.41, 5.74) is 0.777. The Balaban J connectivity index is 1.82. The van der Waals surface area contributed by atoms with E-state index in [0.717, 1.165) is 5.56 Å². The zero-order valence-electron chi connectivity index (χ0n) is 14.4. The Morgan fingerprint density at radius 1 is 1.19 bits per heavy atom. The molecule has 0 saturated carbocycles. The van der Waals surface area contributed by atoms with Gasteiger partial charge in [-0.05, 0) is 24.3 Å². The number of nitrogens with one attached hydrogen (secondary N) is 2. The van der Waals surface area contributed by atoms with Crippen molar-refractivity contribution in [1.29, 1.82) is 0 Å². The van der Waals surface area contributed by atoms with Crippen LogP contribution in [0.15, 0.2) is 36.5 Å². The van der Waals surface area contributed by atoms with Crippen molar-refractivity contribution < 1.29 is 14.3 Å². The van der Waals surface area contributed by atoms with Crippen molar-refractivity contribution in [3.63, 3.8) is 0 Å². The maximum absolute atomic E-state index is 11.9. The first-order chi connectivity index (χ1) is 12.5. The van der Waals surface area contributed by atoms with E-state index >= 15 is 0 Å². The van der Waals surface area contributed by atoms with E-state index in [1.165, 1.54) is 12.3 Å². The van der Waals surface area contributed by atoms with Gasteiger partial charge < -0.3 is 20.1 Å². The summed E-state index contributed by atoms with van der Waals surface area (Å²) in [7, 11) is 3.15. The molecular weight excluding hydrogens is 377 g/mol. The molecular formula is C18H19Cl2N3O3. The number of pyridine rings is 1. The molecule has 2 N–H and O–H groups in total. The monoisotopic (exact) mass is 395 g/mol. The van der Waals surface area contributed by atoms with E-state index in [1.807, 2.05) is 6.07 Å². The fourth-order valence-electron chi connectivity index (χ4n) is 2.09. The Morgan fingerprint density at radius 3 is 2.69 bits per heavy atom. The van der Waals surface area contributed by atoms with Crippen molar-refractivity contribution in [3.8, 4) is 11.5 Å². The molecule has 2 rings (SSSR count). The maximum Gasteiger partial charge on any atom is 0.244 e. The number of amides is 1. The summed E-state index contributed by atoms with van der Waals surface area (Å²) in [6, 6.07) is 6.97. The summed E-state index contributed by atoms with van der Waals surface area (Å²) in [4.78, 5) is 16.0. The SMILES string of the molecule is COc1ccc(C=CC(=O)NCCNc2ncc(Cl)cc2Cl)c(OC)c1. The summed E-state index contributed by atoms with van der Waals surface area (Å²) in [5.74, 6) is 1.60. The molecule has 1 heterocycles. The third kappa shape index (κ3) is 5.82. The average Bonchev–Trinajstić information content (AvgIpc) is 2.64. The van der Waals surface area contributed by atoms with Crippen molar-refractivity contribution in [1.82, 2.24) is 10.3 Å². The third-order valence-corrected chi connectivity index (χ3v) is 3.87. The van der Waals surface area contributed by atoms with Gasteiger partial charge in [-0.25, -0.2) is 4.98 Å². The normalized spacial score (nSPS) is 10.6. The zero-order chi connectivity index (χ0) is 18.9.